The fourth-order valence-corrected chi connectivity index (χ4v) is 10.8. The van der Waals surface area contributed by atoms with Crippen molar-refractivity contribution in [2.24, 2.45) is 4.99 Å². The summed E-state index contributed by atoms with van der Waals surface area (Å²) in [6.07, 6.45) is 3.81. The molecule has 2 aliphatic rings. The van der Waals surface area contributed by atoms with Crippen LogP contribution in [-0.2, 0) is 6.42 Å². The van der Waals surface area contributed by atoms with Gasteiger partial charge in [-0.1, -0.05) is 138 Å². The molecule has 0 spiro atoms. The summed E-state index contributed by atoms with van der Waals surface area (Å²) in [5.74, 6) is 1.86. The van der Waals surface area contributed by atoms with Gasteiger partial charge in [0, 0.05) is 38.1 Å². The Morgan fingerprint density at radius 1 is 0.768 bits per heavy atom. The van der Waals surface area contributed by atoms with E-state index in [4.69, 9.17) is 11.6 Å². The molecule has 4 heterocycles. The molecule has 274 valence electrons. The van der Waals surface area contributed by atoms with E-state index in [1.165, 1.54) is 75.9 Å². The Kier molecular flexibility index (Phi) is 8.30. The summed E-state index contributed by atoms with van der Waals surface area (Å²) in [6, 6.07) is 47.1. The van der Waals surface area contributed by atoms with E-state index in [9.17, 15) is 0 Å². The first-order valence-electron chi connectivity index (χ1n) is 20.0. The highest BCUT2D eigenvalue weighted by molar-refractivity contribution is 7.26. The van der Waals surface area contributed by atoms with Crippen LogP contribution in [0.3, 0.4) is 0 Å². The number of fused-ring (bicyclic) bond motifs is 12. The molecule has 0 amide bonds. The molecule has 10 rings (SSSR count). The minimum Gasteiger partial charge on any atom is -0.272 e. The molecule has 6 aromatic carbocycles. The molecule has 8 aromatic rings. The maximum atomic E-state index is 5.54. The molecule has 2 aromatic heterocycles. The van der Waals surface area contributed by atoms with Gasteiger partial charge in [-0.3, -0.25) is 4.99 Å². The summed E-state index contributed by atoms with van der Waals surface area (Å²) < 4.78 is 7.76. The Labute approximate surface area is 333 Å². The average Bonchev–Trinajstić information content (AvgIpc) is 3.78. The summed E-state index contributed by atoms with van der Waals surface area (Å²) in [5.41, 5.74) is 15.9. The summed E-state index contributed by atoms with van der Waals surface area (Å²) >= 11 is 1.92. The van der Waals surface area contributed by atoms with E-state index in [2.05, 4.69) is 171 Å². The topological polar surface area (TPSA) is 21.2 Å². The van der Waals surface area contributed by atoms with Gasteiger partial charge in [0.2, 0.25) is 0 Å². The van der Waals surface area contributed by atoms with Crippen LogP contribution in [0.4, 0.5) is 0 Å². The van der Waals surface area contributed by atoms with E-state index in [1.807, 2.05) is 17.4 Å². The van der Waals surface area contributed by atoms with Crippen LogP contribution in [0, 0.1) is 0 Å². The molecule has 2 unspecified atom stereocenters. The van der Waals surface area contributed by atoms with Crippen molar-refractivity contribution in [1.29, 1.82) is 0 Å². The molecule has 0 aliphatic carbocycles. The molecule has 2 aliphatic heterocycles. The van der Waals surface area contributed by atoms with E-state index in [0.717, 1.165) is 35.6 Å². The molecule has 4 heteroatoms. The maximum Gasteiger partial charge on any atom is 0.301 e. The Morgan fingerprint density at radius 2 is 1.46 bits per heavy atom. The predicted octanol–water partition coefficient (Wildman–Crippen LogP) is 13.4. The molecule has 0 N–H and O–H groups in total. The fraction of sp³-hybridized carbons (Fsp3) is 0.192. The number of hydrogen-bond acceptors (Lipinski definition) is 2. The van der Waals surface area contributed by atoms with E-state index in [0.29, 0.717) is 0 Å². The lowest BCUT2D eigenvalue weighted by Crippen LogP contribution is -2.42. The SMILES string of the molecule is C=CC1=NC2C(=C)[n+]3c(n(-c4c(C(C)C)cc(-c5ccccc5)cc4C(C)C)c4ccccc43)-c3c(ccc4c3sc3ccccc34)CCC2c2ccccc21. The van der Waals surface area contributed by atoms with Crippen LogP contribution in [0.1, 0.15) is 79.7 Å². The number of nitrogens with zero attached hydrogens (tertiary/aromatic N) is 3. The van der Waals surface area contributed by atoms with E-state index < -0.39 is 0 Å². The van der Waals surface area contributed by atoms with Crippen LogP contribution in [0.5, 0.6) is 0 Å². The third-order valence-corrected chi connectivity index (χ3v) is 13.4. The lowest BCUT2D eigenvalue weighted by molar-refractivity contribution is -0.543. The van der Waals surface area contributed by atoms with Gasteiger partial charge in [-0.2, -0.15) is 9.13 Å². The third kappa shape index (κ3) is 5.23. The molecule has 0 radical (unpaired) electrons. The smallest absolute Gasteiger partial charge is 0.272 e. The van der Waals surface area contributed by atoms with Gasteiger partial charge in [0.15, 0.2) is 11.0 Å². The van der Waals surface area contributed by atoms with Gasteiger partial charge >= 0.3 is 5.82 Å². The van der Waals surface area contributed by atoms with Crippen molar-refractivity contribution < 1.29 is 4.57 Å². The molecule has 0 saturated carbocycles. The molecular formula is C52H46N3S+. The zero-order chi connectivity index (χ0) is 38.2. The lowest BCUT2D eigenvalue weighted by Gasteiger charge is -2.31. The first-order chi connectivity index (χ1) is 27.3. The maximum absolute atomic E-state index is 5.54. The van der Waals surface area contributed by atoms with Gasteiger partial charge in [-0.25, -0.2) is 0 Å². The van der Waals surface area contributed by atoms with Gasteiger partial charge in [0.05, 0.1) is 16.0 Å². The highest BCUT2D eigenvalue weighted by Crippen LogP contribution is 2.48. The molecule has 0 saturated heterocycles. The quantitative estimate of drug-likeness (QED) is 0.157. The van der Waals surface area contributed by atoms with Crippen molar-refractivity contribution in [3.8, 4) is 28.2 Å². The zero-order valence-corrected chi connectivity index (χ0v) is 33.4. The second kappa shape index (κ2) is 13.4. The summed E-state index contributed by atoms with van der Waals surface area (Å²) in [5, 5.41) is 2.61. The average molecular weight is 745 g/mol. The van der Waals surface area contributed by atoms with Gasteiger partial charge in [-0.15, -0.1) is 11.3 Å². The van der Waals surface area contributed by atoms with Gasteiger partial charge in [-0.05, 0) is 83.3 Å². The van der Waals surface area contributed by atoms with Crippen LogP contribution in [0.2, 0.25) is 0 Å². The second-order valence-corrected chi connectivity index (χ2v) is 17.2. The standard InChI is InChI=1S/C52H46N3S/c1-7-44-38-20-12-11-19-37(38)40-27-25-35-26-28-41-39-21-13-16-24-47(39)56-51(41)48(35)52-54(33(6)49(40)53-44)45-22-14-15-23-46(45)55(52)50-42(31(2)3)29-36(30-43(50)32(4)5)34-17-9-8-10-18-34/h7-24,26,28-32,40,49H,1,6,25,27H2,2-5H3/q+1. The van der Waals surface area contributed by atoms with Crippen LogP contribution in [0.25, 0.3) is 65.1 Å². The normalized spacial score (nSPS) is 16.6. The minimum absolute atomic E-state index is 0.163. The first kappa shape index (κ1) is 34.6. The molecule has 3 nitrogen and oxygen atoms in total. The zero-order valence-electron chi connectivity index (χ0n) is 32.6. The van der Waals surface area contributed by atoms with Crippen LogP contribution in [-0.4, -0.2) is 16.3 Å². The number of allylic oxidation sites excluding steroid dienone is 1. The minimum atomic E-state index is -0.164. The number of benzene rings is 6. The fourth-order valence-electron chi connectivity index (χ4n) is 9.57. The second-order valence-electron chi connectivity index (χ2n) is 16.1. The van der Waals surface area contributed by atoms with Crippen LogP contribution >= 0.6 is 11.3 Å². The first-order valence-corrected chi connectivity index (χ1v) is 20.9. The van der Waals surface area contributed by atoms with E-state index >= 15 is 0 Å². The number of rotatable bonds is 5. The summed E-state index contributed by atoms with van der Waals surface area (Å²) in [4.78, 5) is 5.54. The number of thiophene rings is 1. The lowest BCUT2D eigenvalue weighted by atomic mass is 9.79. The molecular weight excluding hydrogens is 699 g/mol. The monoisotopic (exact) mass is 744 g/mol. The van der Waals surface area contributed by atoms with Crippen molar-refractivity contribution in [2.75, 3.05) is 0 Å². The van der Waals surface area contributed by atoms with E-state index in [1.54, 1.807) is 0 Å². The van der Waals surface area contributed by atoms with Crippen molar-refractivity contribution in [2.45, 2.75) is 64.3 Å². The van der Waals surface area contributed by atoms with Gasteiger partial charge in [0.25, 0.3) is 0 Å². The number of aromatic nitrogens is 2. The molecule has 2 atom stereocenters. The molecule has 0 fully saturated rings. The van der Waals surface area contributed by atoms with E-state index in [-0.39, 0.29) is 23.8 Å². The number of para-hydroxylation sites is 2. The number of imidazole rings is 1. The Hall–Kier alpha value is -5.84. The Bertz CT molecular complexity index is 2890. The number of aliphatic imine (C=N–C) groups is 1. The number of hydrogen-bond donors (Lipinski definition) is 0. The van der Waals surface area contributed by atoms with Crippen molar-refractivity contribution in [3.63, 3.8) is 0 Å². The third-order valence-electron chi connectivity index (χ3n) is 12.2. The van der Waals surface area contributed by atoms with Crippen LogP contribution < -0.4 is 4.57 Å². The van der Waals surface area contributed by atoms with Gasteiger partial charge < -0.3 is 0 Å². The van der Waals surface area contributed by atoms with Crippen LogP contribution in [0.15, 0.2) is 152 Å². The number of aryl methyl sites for hydroxylation is 1. The summed E-state index contributed by atoms with van der Waals surface area (Å²) in [7, 11) is 0. The highest BCUT2D eigenvalue weighted by atomic mass is 32.1. The van der Waals surface area contributed by atoms with Gasteiger partial charge in [0.1, 0.15) is 17.4 Å². The van der Waals surface area contributed by atoms with Crippen molar-refractivity contribution in [1.82, 2.24) is 4.57 Å². The molecule has 0 bridgehead atoms. The van der Waals surface area contributed by atoms with Crippen molar-refractivity contribution in [3.05, 3.63) is 174 Å². The Balaban J connectivity index is 1.39. The summed E-state index contributed by atoms with van der Waals surface area (Å²) in [6.45, 7) is 18.7. The van der Waals surface area contributed by atoms with Crippen molar-refractivity contribution >= 4 is 54.0 Å². The molecule has 56 heavy (non-hydrogen) atoms. The Morgan fingerprint density at radius 3 is 2.23 bits per heavy atom. The highest BCUT2D eigenvalue weighted by Gasteiger charge is 2.42. The predicted molar refractivity (Wildman–Crippen MR) is 239 cm³/mol. The largest absolute Gasteiger partial charge is 0.301 e.